The van der Waals surface area contributed by atoms with Gasteiger partial charge in [0, 0.05) is 16.7 Å². The van der Waals surface area contributed by atoms with E-state index in [0.29, 0.717) is 23.0 Å². The maximum atomic E-state index is 10.2. The number of rotatable bonds is 6. The fourth-order valence-electron chi connectivity index (χ4n) is 9.46. The first kappa shape index (κ1) is 35.4. The Bertz CT molecular complexity index is 3610. The van der Waals surface area contributed by atoms with Gasteiger partial charge in [0.1, 0.15) is 0 Å². The molecule has 0 bridgehead atoms. The SMILES string of the molecule is N#Cc1ccc(-c2ccc(-c3cccc4c3ccc3ccccc34)cc2)c(-c2ccccc2-c2nc(-c3ccccc3)nc(-c3ccc4c5c(cccc35)-c3ccccc3-4)n2)c1. The van der Waals surface area contributed by atoms with Crippen molar-refractivity contribution in [1.82, 2.24) is 15.0 Å². The highest BCUT2D eigenvalue weighted by atomic mass is 15.0. The van der Waals surface area contributed by atoms with Crippen LogP contribution in [-0.2, 0) is 0 Å². The minimum Gasteiger partial charge on any atom is -0.208 e. The lowest BCUT2D eigenvalue weighted by Gasteiger charge is -2.16. The summed E-state index contributed by atoms with van der Waals surface area (Å²) in [4.78, 5) is 15.7. The summed E-state index contributed by atoms with van der Waals surface area (Å²) in [5, 5.41) is 17.5. The molecule has 4 nitrogen and oxygen atoms in total. The number of aromatic nitrogens is 3. The highest BCUT2D eigenvalue weighted by Gasteiger charge is 2.24. The van der Waals surface area contributed by atoms with E-state index in [-0.39, 0.29) is 0 Å². The molecule has 0 N–H and O–H groups in total. The highest BCUT2D eigenvalue weighted by molar-refractivity contribution is 6.18. The standard InChI is InChI=1S/C58H34N4/c59-35-36-24-30-43(39-27-25-38(26-28-39)42-20-10-21-44-41-15-5-4-12-37(41)29-31-48(42)44)54(34-36)47-18-8-9-19-52(47)57-60-56(40-13-2-1-3-14-40)61-58(62-57)53-33-32-51-46-17-7-6-16-45(46)49-22-11-23-50(53)55(49)51/h1-34H. The van der Waals surface area contributed by atoms with Crippen molar-refractivity contribution in [3.8, 4) is 95.9 Å². The van der Waals surface area contributed by atoms with Crippen molar-refractivity contribution in [3.05, 3.63) is 212 Å². The smallest absolute Gasteiger partial charge is 0.164 e. The molecule has 1 aromatic heterocycles. The quantitative estimate of drug-likeness (QED) is 0.158. The van der Waals surface area contributed by atoms with Crippen molar-refractivity contribution in [3.63, 3.8) is 0 Å². The summed E-state index contributed by atoms with van der Waals surface area (Å²) >= 11 is 0. The van der Waals surface area contributed by atoms with Gasteiger partial charge in [0.25, 0.3) is 0 Å². The summed E-state index contributed by atoms with van der Waals surface area (Å²) in [5.74, 6) is 1.75. The number of hydrogen-bond acceptors (Lipinski definition) is 4. The number of nitrogens with zero attached hydrogens (tertiary/aromatic N) is 4. The lowest BCUT2D eigenvalue weighted by atomic mass is 9.89. The molecule has 11 aromatic rings. The Balaban J connectivity index is 1.01. The molecule has 0 aliphatic heterocycles. The van der Waals surface area contributed by atoms with Crippen molar-refractivity contribution in [1.29, 1.82) is 5.26 Å². The summed E-state index contributed by atoms with van der Waals surface area (Å²) in [6.07, 6.45) is 0. The molecule has 0 saturated heterocycles. The molecule has 1 heterocycles. The van der Waals surface area contributed by atoms with Crippen molar-refractivity contribution >= 4 is 32.3 Å². The molecule has 10 aromatic carbocycles. The minimum absolute atomic E-state index is 0.558. The zero-order chi connectivity index (χ0) is 41.1. The molecule has 12 rings (SSSR count). The normalized spacial score (nSPS) is 11.5. The van der Waals surface area contributed by atoms with E-state index in [2.05, 4.69) is 158 Å². The van der Waals surface area contributed by atoms with Crippen LogP contribution in [0.3, 0.4) is 0 Å². The largest absolute Gasteiger partial charge is 0.208 e. The van der Waals surface area contributed by atoms with E-state index < -0.39 is 0 Å². The number of fused-ring (bicyclic) bond motifs is 6. The lowest BCUT2D eigenvalue weighted by Crippen LogP contribution is -2.02. The molecule has 62 heavy (non-hydrogen) atoms. The Kier molecular flexibility index (Phi) is 8.19. The second kappa shape index (κ2) is 14.3. The second-order valence-corrected chi connectivity index (χ2v) is 15.8. The zero-order valence-corrected chi connectivity index (χ0v) is 33.4. The first-order chi connectivity index (χ1) is 30.7. The van der Waals surface area contributed by atoms with E-state index >= 15 is 0 Å². The summed E-state index contributed by atoms with van der Waals surface area (Å²) < 4.78 is 0. The molecule has 0 unspecified atom stereocenters. The van der Waals surface area contributed by atoms with Crippen LogP contribution in [0, 0.1) is 11.3 Å². The predicted molar refractivity (Wildman–Crippen MR) is 254 cm³/mol. The van der Waals surface area contributed by atoms with Crippen LogP contribution < -0.4 is 0 Å². The Hall–Kier alpha value is -8.52. The van der Waals surface area contributed by atoms with Crippen LogP contribution in [-0.4, -0.2) is 15.0 Å². The van der Waals surface area contributed by atoms with Crippen molar-refractivity contribution in [2.75, 3.05) is 0 Å². The Morgan fingerprint density at radius 2 is 0.823 bits per heavy atom. The molecular weight excluding hydrogens is 753 g/mol. The molecule has 1 aliphatic rings. The molecular formula is C58H34N4. The predicted octanol–water partition coefficient (Wildman–Crippen LogP) is 14.9. The van der Waals surface area contributed by atoms with Crippen LogP contribution >= 0.6 is 0 Å². The van der Waals surface area contributed by atoms with E-state index in [1.54, 1.807) is 0 Å². The fourth-order valence-corrected chi connectivity index (χ4v) is 9.46. The molecule has 4 heteroatoms. The molecule has 0 fully saturated rings. The van der Waals surface area contributed by atoms with Crippen LogP contribution in [0.1, 0.15) is 5.56 Å². The van der Waals surface area contributed by atoms with Gasteiger partial charge in [0.2, 0.25) is 0 Å². The highest BCUT2D eigenvalue weighted by Crippen LogP contribution is 2.49. The third-order valence-corrected chi connectivity index (χ3v) is 12.4. The average molecular weight is 787 g/mol. The summed E-state index contributed by atoms with van der Waals surface area (Å²) in [6, 6.07) is 74.5. The molecule has 0 radical (unpaired) electrons. The molecule has 0 saturated carbocycles. The first-order valence-electron chi connectivity index (χ1n) is 20.8. The van der Waals surface area contributed by atoms with Crippen molar-refractivity contribution in [2.24, 2.45) is 0 Å². The monoisotopic (exact) mass is 786 g/mol. The van der Waals surface area contributed by atoms with E-state index in [9.17, 15) is 5.26 Å². The zero-order valence-electron chi connectivity index (χ0n) is 33.4. The summed E-state index contributed by atoms with van der Waals surface area (Å²) in [6.45, 7) is 0. The van der Waals surface area contributed by atoms with Crippen LogP contribution in [0.5, 0.6) is 0 Å². The molecule has 1 aliphatic carbocycles. The number of nitriles is 1. The van der Waals surface area contributed by atoms with Crippen molar-refractivity contribution in [2.45, 2.75) is 0 Å². The van der Waals surface area contributed by atoms with Crippen LogP contribution in [0.4, 0.5) is 0 Å². The third kappa shape index (κ3) is 5.72. The first-order valence-corrected chi connectivity index (χ1v) is 20.8. The third-order valence-electron chi connectivity index (χ3n) is 12.4. The van der Waals surface area contributed by atoms with Gasteiger partial charge in [0.05, 0.1) is 11.6 Å². The van der Waals surface area contributed by atoms with E-state index in [0.717, 1.165) is 49.9 Å². The minimum atomic E-state index is 0.558. The van der Waals surface area contributed by atoms with Gasteiger partial charge < -0.3 is 0 Å². The van der Waals surface area contributed by atoms with E-state index in [1.165, 1.54) is 54.7 Å². The van der Waals surface area contributed by atoms with Crippen molar-refractivity contribution < 1.29 is 0 Å². The second-order valence-electron chi connectivity index (χ2n) is 15.8. The Labute approximate surface area is 358 Å². The fraction of sp³-hybridized carbons (Fsp3) is 0. The maximum absolute atomic E-state index is 10.2. The van der Waals surface area contributed by atoms with Gasteiger partial charge in [-0.15, -0.1) is 0 Å². The van der Waals surface area contributed by atoms with Gasteiger partial charge in [0.15, 0.2) is 17.5 Å². The average Bonchev–Trinajstić information content (AvgIpc) is 3.68. The van der Waals surface area contributed by atoms with Crippen LogP contribution in [0.15, 0.2) is 206 Å². The Morgan fingerprint density at radius 3 is 1.58 bits per heavy atom. The van der Waals surface area contributed by atoms with Gasteiger partial charge in [-0.25, -0.2) is 15.0 Å². The molecule has 0 spiro atoms. The molecule has 0 atom stereocenters. The molecule has 286 valence electrons. The Morgan fingerprint density at radius 1 is 0.290 bits per heavy atom. The van der Waals surface area contributed by atoms with Gasteiger partial charge in [-0.3, -0.25) is 0 Å². The maximum Gasteiger partial charge on any atom is 0.164 e. The summed E-state index contributed by atoms with van der Waals surface area (Å²) in [7, 11) is 0. The van der Waals surface area contributed by atoms with Gasteiger partial charge in [-0.05, 0) is 106 Å². The summed E-state index contributed by atoms with van der Waals surface area (Å²) in [5.41, 5.74) is 14.5. The van der Waals surface area contributed by atoms with Gasteiger partial charge in [-0.1, -0.05) is 188 Å². The van der Waals surface area contributed by atoms with Gasteiger partial charge >= 0.3 is 0 Å². The number of hydrogen-bond donors (Lipinski definition) is 0. The molecule has 0 amide bonds. The number of benzene rings is 10. The topological polar surface area (TPSA) is 62.5 Å². The van der Waals surface area contributed by atoms with E-state index in [1.807, 2.05) is 54.6 Å². The van der Waals surface area contributed by atoms with Crippen LogP contribution in [0.2, 0.25) is 0 Å². The lowest BCUT2D eigenvalue weighted by molar-refractivity contribution is 1.08. The van der Waals surface area contributed by atoms with E-state index in [4.69, 9.17) is 15.0 Å². The van der Waals surface area contributed by atoms with Crippen LogP contribution in [0.25, 0.3) is 122 Å². The van der Waals surface area contributed by atoms with Gasteiger partial charge in [-0.2, -0.15) is 5.26 Å².